The highest BCUT2D eigenvalue weighted by atomic mass is 35.5. The molecular formula is C26H20ClN3OS2. The third kappa shape index (κ3) is 3.86. The molecule has 6 rings (SSSR count). The van der Waals surface area contributed by atoms with Crippen LogP contribution in [0.15, 0.2) is 82.2 Å². The summed E-state index contributed by atoms with van der Waals surface area (Å²) in [4.78, 5) is 18.1. The third-order valence-electron chi connectivity index (χ3n) is 6.29. The molecule has 164 valence electrons. The van der Waals surface area contributed by atoms with Crippen molar-refractivity contribution in [2.75, 3.05) is 5.75 Å². The van der Waals surface area contributed by atoms with E-state index in [-0.39, 0.29) is 17.9 Å². The fraction of sp³-hybridized carbons (Fsp3) is 0.192. The first kappa shape index (κ1) is 20.9. The van der Waals surface area contributed by atoms with Gasteiger partial charge in [0, 0.05) is 16.5 Å². The minimum absolute atomic E-state index is 0.00131. The van der Waals surface area contributed by atoms with E-state index in [1.165, 1.54) is 22.9 Å². The molecule has 1 aliphatic heterocycles. The second-order valence-corrected chi connectivity index (χ2v) is 10.9. The monoisotopic (exact) mass is 489 g/mol. The summed E-state index contributed by atoms with van der Waals surface area (Å²) >= 11 is 9.26. The maximum Gasteiger partial charge on any atom is 0.253 e. The van der Waals surface area contributed by atoms with E-state index in [4.69, 9.17) is 16.7 Å². The molecule has 1 aromatic heterocycles. The van der Waals surface area contributed by atoms with Crippen LogP contribution in [0.4, 0.5) is 0 Å². The van der Waals surface area contributed by atoms with Crippen molar-refractivity contribution in [1.29, 1.82) is 0 Å². The molecule has 33 heavy (non-hydrogen) atoms. The summed E-state index contributed by atoms with van der Waals surface area (Å²) in [6.07, 6.45) is 1.96. The van der Waals surface area contributed by atoms with Crippen LogP contribution in [0.2, 0.25) is 5.02 Å². The SMILES string of the molecule is O=C(CSc1nc2ccccc2s1)N1N=C2c3ccccc3CC[C@@H]2[C@@H]1c1ccc(Cl)cc1. The van der Waals surface area contributed by atoms with Crippen LogP contribution in [0.3, 0.4) is 0 Å². The summed E-state index contributed by atoms with van der Waals surface area (Å²) in [7, 11) is 0. The van der Waals surface area contributed by atoms with Gasteiger partial charge in [0.25, 0.3) is 5.91 Å². The predicted octanol–water partition coefficient (Wildman–Crippen LogP) is 6.59. The average molecular weight is 490 g/mol. The number of nitrogens with zero attached hydrogens (tertiary/aromatic N) is 3. The molecule has 1 amide bonds. The van der Waals surface area contributed by atoms with E-state index in [9.17, 15) is 4.79 Å². The Hall–Kier alpha value is -2.67. The van der Waals surface area contributed by atoms with Crippen molar-refractivity contribution in [3.05, 3.63) is 94.5 Å². The molecule has 0 saturated heterocycles. The Morgan fingerprint density at radius 3 is 2.70 bits per heavy atom. The van der Waals surface area contributed by atoms with Crippen molar-refractivity contribution in [2.45, 2.75) is 23.2 Å². The third-order valence-corrected chi connectivity index (χ3v) is 8.71. The number of para-hydroxylation sites is 1. The number of thiazole rings is 1. The average Bonchev–Trinajstić information content (AvgIpc) is 3.44. The standard InChI is InChI=1S/C26H20ClN3OS2/c27-18-12-9-17(10-13-18)25-20-14-11-16-5-1-2-6-19(16)24(20)29-30(25)23(31)15-32-26-28-21-7-3-4-8-22(21)33-26/h1-10,12-13,20,25H,11,14-15H2/t20-,25-/m0/s1. The molecule has 2 atom stereocenters. The van der Waals surface area contributed by atoms with E-state index in [1.807, 2.05) is 42.5 Å². The van der Waals surface area contributed by atoms with Gasteiger partial charge in [0.1, 0.15) is 0 Å². The minimum Gasteiger partial charge on any atom is -0.272 e. The molecule has 7 heteroatoms. The Labute approximate surface area is 205 Å². The Balaban J connectivity index is 1.31. The first-order valence-electron chi connectivity index (χ1n) is 10.9. The number of carbonyl (C=O) groups is 1. The smallest absolute Gasteiger partial charge is 0.253 e. The van der Waals surface area contributed by atoms with Gasteiger partial charge < -0.3 is 0 Å². The number of aromatic nitrogens is 1. The highest BCUT2D eigenvalue weighted by Crippen LogP contribution is 2.44. The molecule has 0 radical (unpaired) electrons. The lowest BCUT2D eigenvalue weighted by Gasteiger charge is -2.29. The summed E-state index contributed by atoms with van der Waals surface area (Å²) in [5.74, 6) is 0.478. The molecule has 0 saturated carbocycles. The number of hydrogen-bond acceptors (Lipinski definition) is 5. The fourth-order valence-electron chi connectivity index (χ4n) is 4.77. The molecule has 0 N–H and O–H groups in total. The van der Waals surface area contributed by atoms with Gasteiger partial charge in [-0.25, -0.2) is 9.99 Å². The Morgan fingerprint density at radius 2 is 1.85 bits per heavy atom. The molecule has 4 aromatic rings. The van der Waals surface area contributed by atoms with Crippen molar-refractivity contribution in [3.63, 3.8) is 0 Å². The lowest BCUT2D eigenvalue weighted by atomic mass is 9.77. The van der Waals surface area contributed by atoms with Gasteiger partial charge in [-0.15, -0.1) is 11.3 Å². The zero-order valence-electron chi connectivity index (χ0n) is 17.6. The molecule has 0 bridgehead atoms. The largest absolute Gasteiger partial charge is 0.272 e. The van der Waals surface area contributed by atoms with E-state index in [0.717, 1.165) is 38.7 Å². The number of fused-ring (bicyclic) bond motifs is 4. The van der Waals surface area contributed by atoms with Gasteiger partial charge in [0.2, 0.25) is 0 Å². The predicted molar refractivity (Wildman–Crippen MR) is 136 cm³/mol. The maximum atomic E-state index is 13.5. The summed E-state index contributed by atoms with van der Waals surface area (Å²) in [6.45, 7) is 0. The van der Waals surface area contributed by atoms with Crippen LogP contribution < -0.4 is 0 Å². The Bertz CT molecular complexity index is 1350. The van der Waals surface area contributed by atoms with Crippen LogP contribution in [0.25, 0.3) is 10.2 Å². The topological polar surface area (TPSA) is 45.6 Å². The fourth-order valence-corrected chi connectivity index (χ4v) is 6.81. The number of halogens is 1. The zero-order valence-corrected chi connectivity index (χ0v) is 20.0. The first-order valence-corrected chi connectivity index (χ1v) is 13.1. The number of rotatable bonds is 4. The second kappa shape index (κ2) is 8.60. The Morgan fingerprint density at radius 1 is 1.06 bits per heavy atom. The van der Waals surface area contributed by atoms with Crippen molar-refractivity contribution < 1.29 is 4.79 Å². The normalized spacial score (nSPS) is 19.3. The number of aryl methyl sites for hydroxylation is 1. The molecule has 0 unspecified atom stereocenters. The lowest BCUT2D eigenvalue weighted by Crippen LogP contribution is -2.33. The van der Waals surface area contributed by atoms with Crippen molar-refractivity contribution in [1.82, 2.24) is 9.99 Å². The molecule has 2 heterocycles. The summed E-state index contributed by atoms with van der Waals surface area (Å²) in [6, 6.07) is 24.2. The van der Waals surface area contributed by atoms with Gasteiger partial charge in [0.15, 0.2) is 4.34 Å². The number of hydrazone groups is 1. The molecule has 0 fully saturated rings. The molecule has 1 aliphatic carbocycles. The van der Waals surface area contributed by atoms with E-state index in [0.29, 0.717) is 10.8 Å². The van der Waals surface area contributed by atoms with E-state index in [1.54, 1.807) is 16.3 Å². The van der Waals surface area contributed by atoms with Gasteiger partial charge in [-0.2, -0.15) is 5.10 Å². The zero-order chi connectivity index (χ0) is 22.4. The van der Waals surface area contributed by atoms with Crippen LogP contribution in [0.1, 0.15) is 29.2 Å². The second-order valence-electron chi connectivity index (χ2n) is 8.26. The van der Waals surface area contributed by atoms with Gasteiger partial charge in [-0.1, -0.05) is 71.9 Å². The quantitative estimate of drug-likeness (QED) is 0.304. The van der Waals surface area contributed by atoms with Crippen molar-refractivity contribution >= 4 is 56.5 Å². The summed E-state index contributed by atoms with van der Waals surface area (Å²) in [5.41, 5.74) is 5.54. The highest BCUT2D eigenvalue weighted by molar-refractivity contribution is 8.01. The highest BCUT2D eigenvalue weighted by Gasteiger charge is 2.43. The number of benzene rings is 3. The molecule has 0 spiro atoms. The van der Waals surface area contributed by atoms with Gasteiger partial charge >= 0.3 is 0 Å². The minimum atomic E-state index is -0.117. The van der Waals surface area contributed by atoms with Crippen molar-refractivity contribution in [3.8, 4) is 0 Å². The van der Waals surface area contributed by atoms with E-state index >= 15 is 0 Å². The van der Waals surface area contributed by atoms with Crippen LogP contribution in [-0.2, 0) is 11.2 Å². The number of carbonyl (C=O) groups excluding carboxylic acids is 1. The number of thioether (sulfide) groups is 1. The van der Waals surface area contributed by atoms with E-state index in [2.05, 4.69) is 35.3 Å². The van der Waals surface area contributed by atoms with Gasteiger partial charge in [-0.05, 0) is 48.2 Å². The lowest BCUT2D eigenvalue weighted by molar-refractivity contribution is -0.130. The van der Waals surface area contributed by atoms with Crippen LogP contribution >= 0.6 is 34.7 Å². The van der Waals surface area contributed by atoms with Crippen LogP contribution in [0, 0.1) is 5.92 Å². The first-order chi connectivity index (χ1) is 16.2. The number of hydrogen-bond donors (Lipinski definition) is 0. The van der Waals surface area contributed by atoms with E-state index < -0.39 is 0 Å². The molecule has 3 aromatic carbocycles. The summed E-state index contributed by atoms with van der Waals surface area (Å²) < 4.78 is 2.04. The van der Waals surface area contributed by atoms with Gasteiger partial charge in [-0.3, -0.25) is 4.79 Å². The van der Waals surface area contributed by atoms with Crippen LogP contribution in [-0.4, -0.2) is 27.4 Å². The number of amides is 1. The van der Waals surface area contributed by atoms with Crippen LogP contribution in [0.5, 0.6) is 0 Å². The Kier molecular flexibility index (Phi) is 5.45. The summed E-state index contributed by atoms with van der Waals surface area (Å²) in [5, 5.41) is 7.33. The maximum absolute atomic E-state index is 13.5. The molecular weight excluding hydrogens is 470 g/mol. The van der Waals surface area contributed by atoms with Gasteiger partial charge in [0.05, 0.1) is 27.7 Å². The van der Waals surface area contributed by atoms with Crippen molar-refractivity contribution in [2.24, 2.45) is 11.0 Å². The molecule has 2 aliphatic rings. The molecule has 4 nitrogen and oxygen atoms in total.